The molecular weight excluding hydrogens is 244 g/mol. The number of nitrogens with two attached hydrogens (primary N) is 1. The molecule has 0 fully saturated rings. The lowest BCUT2D eigenvalue weighted by Gasteiger charge is -2.21. The second-order valence-corrected chi connectivity index (χ2v) is 4.45. The van der Waals surface area contributed by atoms with Gasteiger partial charge in [0.15, 0.2) is 0 Å². The molecule has 4 N–H and O–H groups in total. The molecule has 1 aromatic carbocycles. The van der Waals surface area contributed by atoms with Crippen molar-refractivity contribution >= 4 is 11.9 Å². The van der Waals surface area contributed by atoms with E-state index in [1.54, 1.807) is 14.0 Å². The molecule has 2 amide bonds. The maximum absolute atomic E-state index is 11.8. The third-order valence-corrected chi connectivity index (χ3v) is 2.80. The fourth-order valence-electron chi connectivity index (χ4n) is 1.59. The van der Waals surface area contributed by atoms with Crippen molar-refractivity contribution < 1.29 is 10.0 Å². The Bertz CT molecular complexity index is 434. The van der Waals surface area contributed by atoms with Gasteiger partial charge in [0.2, 0.25) is 0 Å². The maximum Gasteiger partial charge on any atom is 0.317 e. The number of nitrogens with one attached hydrogen (secondary N) is 1. The number of amides is 2. The summed E-state index contributed by atoms with van der Waals surface area (Å²) in [6, 6.07) is 9.47. The van der Waals surface area contributed by atoms with E-state index in [4.69, 9.17) is 10.9 Å². The van der Waals surface area contributed by atoms with E-state index in [-0.39, 0.29) is 17.8 Å². The Morgan fingerprint density at radius 3 is 2.68 bits per heavy atom. The Balaban J connectivity index is 2.41. The molecule has 0 aliphatic carbocycles. The zero-order valence-electron chi connectivity index (χ0n) is 11.2. The van der Waals surface area contributed by atoms with E-state index in [9.17, 15) is 4.79 Å². The van der Waals surface area contributed by atoms with Crippen molar-refractivity contribution in [3.8, 4) is 0 Å². The minimum Gasteiger partial charge on any atom is -0.409 e. The number of hydrogen-bond acceptors (Lipinski definition) is 3. The molecule has 0 saturated carbocycles. The van der Waals surface area contributed by atoms with E-state index in [0.29, 0.717) is 13.1 Å². The van der Waals surface area contributed by atoms with Crippen molar-refractivity contribution in [2.45, 2.75) is 13.5 Å². The number of nitrogens with zero attached hydrogens (tertiary/aromatic N) is 2. The van der Waals surface area contributed by atoms with Crippen LogP contribution in [0.5, 0.6) is 0 Å². The van der Waals surface area contributed by atoms with Crippen molar-refractivity contribution in [1.29, 1.82) is 0 Å². The van der Waals surface area contributed by atoms with Gasteiger partial charge in [-0.2, -0.15) is 0 Å². The Hall–Kier alpha value is -2.24. The highest BCUT2D eigenvalue weighted by molar-refractivity contribution is 5.83. The Morgan fingerprint density at radius 1 is 1.47 bits per heavy atom. The van der Waals surface area contributed by atoms with Crippen LogP contribution in [0.1, 0.15) is 12.5 Å². The second kappa shape index (κ2) is 7.25. The lowest BCUT2D eigenvalue weighted by atomic mass is 10.1. The first-order valence-electron chi connectivity index (χ1n) is 6.05. The van der Waals surface area contributed by atoms with Crippen molar-refractivity contribution in [2.24, 2.45) is 16.8 Å². The number of carbonyl (C=O) groups excluding carboxylic acids is 1. The van der Waals surface area contributed by atoms with Crippen LogP contribution in [0.25, 0.3) is 0 Å². The summed E-state index contributed by atoms with van der Waals surface area (Å²) in [6.07, 6.45) is 0. The van der Waals surface area contributed by atoms with Crippen molar-refractivity contribution in [3.05, 3.63) is 35.9 Å². The van der Waals surface area contributed by atoms with E-state index >= 15 is 0 Å². The summed E-state index contributed by atoms with van der Waals surface area (Å²) in [5.41, 5.74) is 6.51. The van der Waals surface area contributed by atoms with Crippen LogP contribution in [-0.2, 0) is 6.54 Å². The Morgan fingerprint density at radius 2 is 2.11 bits per heavy atom. The fourth-order valence-corrected chi connectivity index (χ4v) is 1.59. The second-order valence-electron chi connectivity index (χ2n) is 4.45. The van der Waals surface area contributed by atoms with Gasteiger partial charge in [0.25, 0.3) is 0 Å². The number of urea groups is 1. The van der Waals surface area contributed by atoms with Gasteiger partial charge in [0.05, 0.1) is 0 Å². The molecule has 0 aromatic heterocycles. The molecule has 1 aromatic rings. The molecular formula is C13H20N4O2. The number of amidine groups is 1. The zero-order valence-corrected chi connectivity index (χ0v) is 11.2. The molecule has 1 unspecified atom stereocenters. The van der Waals surface area contributed by atoms with E-state index < -0.39 is 0 Å². The molecule has 0 aliphatic rings. The van der Waals surface area contributed by atoms with Gasteiger partial charge in [-0.3, -0.25) is 0 Å². The molecule has 0 radical (unpaired) electrons. The first-order chi connectivity index (χ1) is 9.04. The fraction of sp³-hybridized carbons (Fsp3) is 0.385. The molecule has 0 saturated heterocycles. The summed E-state index contributed by atoms with van der Waals surface area (Å²) in [5, 5.41) is 14.3. The maximum atomic E-state index is 11.8. The summed E-state index contributed by atoms with van der Waals surface area (Å²) in [4.78, 5) is 13.3. The van der Waals surface area contributed by atoms with Crippen LogP contribution >= 0.6 is 0 Å². The quantitative estimate of drug-likeness (QED) is 0.323. The van der Waals surface area contributed by atoms with Crippen LogP contribution in [0.3, 0.4) is 0 Å². The average Bonchev–Trinajstić information content (AvgIpc) is 2.44. The summed E-state index contributed by atoms with van der Waals surface area (Å²) in [6.45, 7) is 2.65. The highest BCUT2D eigenvalue weighted by Crippen LogP contribution is 2.01. The molecule has 6 heteroatoms. The Labute approximate surface area is 112 Å². The van der Waals surface area contributed by atoms with Crippen LogP contribution in [-0.4, -0.2) is 35.6 Å². The van der Waals surface area contributed by atoms with Gasteiger partial charge >= 0.3 is 6.03 Å². The molecule has 1 atom stereocenters. The highest BCUT2D eigenvalue weighted by atomic mass is 16.4. The van der Waals surface area contributed by atoms with Gasteiger partial charge in [-0.25, -0.2) is 4.79 Å². The number of hydrogen-bond donors (Lipinski definition) is 3. The van der Waals surface area contributed by atoms with Gasteiger partial charge in [0, 0.05) is 26.1 Å². The monoisotopic (exact) mass is 264 g/mol. The number of benzene rings is 1. The third-order valence-electron chi connectivity index (χ3n) is 2.80. The van der Waals surface area contributed by atoms with Crippen molar-refractivity contribution in [2.75, 3.05) is 13.6 Å². The lowest BCUT2D eigenvalue weighted by molar-refractivity contribution is 0.205. The predicted molar refractivity (Wildman–Crippen MR) is 73.9 cm³/mol. The minimum atomic E-state index is -0.197. The highest BCUT2D eigenvalue weighted by Gasteiger charge is 2.14. The topological polar surface area (TPSA) is 91.0 Å². The van der Waals surface area contributed by atoms with Gasteiger partial charge in [-0.15, -0.1) is 0 Å². The summed E-state index contributed by atoms with van der Waals surface area (Å²) in [5.74, 6) is -0.0832. The number of oxime groups is 1. The minimum absolute atomic E-state index is 0.114. The first-order valence-corrected chi connectivity index (χ1v) is 6.05. The standard InChI is InChI=1S/C13H20N4O2/c1-10(12(14)16-19)9-17(2)13(18)15-8-11-6-4-3-5-7-11/h3-7,10,19H,8-9H2,1-2H3,(H2,14,16)(H,15,18). The van der Waals surface area contributed by atoms with Crippen LogP contribution in [0.2, 0.25) is 0 Å². The van der Waals surface area contributed by atoms with E-state index in [0.717, 1.165) is 5.56 Å². The summed E-state index contributed by atoms with van der Waals surface area (Å²) < 4.78 is 0. The van der Waals surface area contributed by atoms with Crippen molar-refractivity contribution in [3.63, 3.8) is 0 Å². The molecule has 1 rings (SSSR count). The SMILES string of the molecule is CC(CN(C)C(=O)NCc1ccccc1)/C(N)=N/O. The largest absolute Gasteiger partial charge is 0.409 e. The van der Waals surface area contributed by atoms with Crippen LogP contribution in [0.15, 0.2) is 35.5 Å². The third kappa shape index (κ3) is 4.87. The summed E-state index contributed by atoms with van der Waals surface area (Å²) >= 11 is 0. The Kier molecular flexibility index (Phi) is 5.66. The summed E-state index contributed by atoms with van der Waals surface area (Å²) in [7, 11) is 1.67. The molecule has 0 bridgehead atoms. The van der Waals surface area contributed by atoms with Gasteiger partial charge < -0.3 is 21.2 Å². The smallest absolute Gasteiger partial charge is 0.317 e. The number of carbonyl (C=O) groups is 1. The predicted octanol–water partition coefficient (Wildman–Crippen LogP) is 1.21. The molecule has 0 heterocycles. The van der Waals surface area contributed by atoms with Gasteiger partial charge in [-0.1, -0.05) is 42.4 Å². The van der Waals surface area contributed by atoms with E-state index in [1.165, 1.54) is 4.90 Å². The molecule has 0 spiro atoms. The van der Waals surface area contributed by atoms with Crippen molar-refractivity contribution in [1.82, 2.24) is 10.2 Å². The number of rotatable bonds is 5. The van der Waals surface area contributed by atoms with E-state index in [2.05, 4.69) is 10.5 Å². The van der Waals surface area contributed by atoms with Crippen LogP contribution in [0.4, 0.5) is 4.79 Å². The lowest BCUT2D eigenvalue weighted by Crippen LogP contribution is -2.41. The zero-order chi connectivity index (χ0) is 14.3. The van der Waals surface area contributed by atoms with Crippen LogP contribution in [0, 0.1) is 5.92 Å². The van der Waals surface area contributed by atoms with Crippen LogP contribution < -0.4 is 11.1 Å². The normalized spacial score (nSPS) is 12.8. The molecule has 19 heavy (non-hydrogen) atoms. The van der Waals surface area contributed by atoms with Gasteiger partial charge in [-0.05, 0) is 5.56 Å². The van der Waals surface area contributed by atoms with Gasteiger partial charge in [0.1, 0.15) is 5.84 Å². The van der Waals surface area contributed by atoms with E-state index in [1.807, 2.05) is 30.3 Å². The molecule has 6 nitrogen and oxygen atoms in total. The molecule has 0 aliphatic heterocycles. The molecule has 104 valence electrons. The first kappa shape index (κ1) is 14.8. The average molecular weight is 264 g/mol.